The molecule has 1 aromatic carbocycles. The van der Waals surface area contributed by atoms with Gasteiger partial charge in [0.05, 0.1) is 20.3 Å². The standard InChI is InChI=1S/C13H18O4/c1-9(8-14)12-10(15-2)4-5-11-13(12)17-7-3-6-16-11/h4-5,9,14H,3,6-8H2,1-2H3. The van der Waals surface area contributed by atoms with E-state index in [2.05, 4.69) is 0 Å². The summed E-state index contributed by atoms with van der Waals surface area (Å²) < 4.78 is 16.7. The molecule has 1 unspecified atom stereocenters. The summed E-state index contributed by atoms with van der Waals surface area (Å²) in [7, 11) is 1.62. The number of benzene rings is 1. The molecule has 0 fully saturated rings. The summed E-state index contributed by atoms with van der Waals surface area (Å²) in [6, 6.07) is 3.71. The van der Waals surface area contributed by atoms with Crippen LogP contribution in [0.2, 0.25) is 0 Å². The zero-order valence-electron chi connectivity index (χ0n) is 10.2. The number of aliphatic hydroxyl groups excluding tert-OH is 1. The maximum absolute atomic E-state index is 9.33. The summed E-state index contributed by atoms with van der Waals surface area (Å²) in [5.41, 5.74) is 0.884. The molecule has 1 N–H and O–H groups in total. The normalized spacial score (nSPS) is 16.2. The minimum atomic E-state index is -0.0402. The molecule has 0 aliphatic carbocycles. The molecule has 2 rings (SSSR count). The highest BCUT2D eigenvalue weighted by Gasteiger charge is 2.22. The molecule has 4 nitrogen and oxygen atoms in total. The van der Waals surface area contributed by atoms with Crippen LogP contribution in [0.25, 0.3) is 0 Å². The average Bonchev–Trinajstić information content (AvgIpc) is 2.61. The zero-order valence-corrected chi connectivity index (χ0v) is 10.2. The van der Waals surface area contributed by atoms with E-state index in [-0.39, 0.29) is 12.5 Å². The molecule has 94 valence electrons. The Morgan fingerprint density at radius 1 is 1.35 bits per heavy atom. The topological polar surface area (TPSA) is 47.9 Å². The summed E-state index contributed by atoms with van der Waals surface area (Å²) in [6.07, 6.45) is 0.865. The summed E-state index contributed by atoms with van der Waals surface area (Å²) in [4.78, 5) is 0. The third-order valence-electron chi connectivity index (χ3n) is 2.90. The zero-order chi connectivity index (χ0) is 12.3. The van der Waals surface area contributed by atoms with E-state index in [9.17, 15) is 5.11 Å². The van der Waals surface area contributed by atoms with Crippen LogP contribution in [0, 0.1) is 0 Å². The molecule has 0 saturated carbocycles. The third kappa shape index (κ3) is 2.31. The van der Waals surface area contributed by atoms with Crippen LogP contribution in [0.1, 0.15) is 24.8 Å². The SMILES string of the molecule is COc1ccc2c(c1C(C)CO)OCCCO2. The molecule has 1 aromatic rings. The van der Waals surface area contributed by atoms with Gasteiger partial charge >= 0.3 is 0 Å². The molecule has 0 saturated heterocycles. The third-order valence-corrected chi connectivity index (χ3v) is 2.90. The highest BCUT2D eigenvalue weighted by atomic mass is 16.5. The first-order valence-electron chi connectivity index (χ1n) is 5.85. The van der Waals surface area contributed by atoms with Crippen LogP contribution < -0.4 is 14.2 Å². The molecule has 1 atom stereocenters. The van der Waals surface area contributed by atoms with E-state index in [1.165, 1.54) is 0 Å². The fraction of sp³-hybridized carbons (Fsp3) is 0.538. The Labute approximate surface area is 101 Å². The van der Waals surface area contributed by atoms with Gasteiger partial charge in [0.15, 0.2) is 11.5 Å². The lowest BCUT2D eigenvalue weighted by Crippen LogP contribution is -2.06. The molecule has 1 aliphatic heterocycles. The van der Waals surface area contributed by atoms with Crippen LogP contribution in [-0.4, -0.2) is 32.0 Å². The molecule has 17 heavy (non-hydrogen) atoms. The van der Waals surface area contributed by atoms with Gasteiger partial charge in [0.25, 0.3) is 0 Å². The van der Waals surface area contributed by atoms with Gasteiger partial charge in [-0.15, -0.1) is 0 Å². The van der Waals surface area contributed by atoms with Crippen molar-refractivity contribution in [1.29, 1.82) is 0 Å². The van der Waals surface area contributed by atoms with E-state index in [4.69, 9.17) is 14.2 Å². The minimum Gasteiger partial charge on any atom is -0.496 e. The van der Waals surface area contributed by atoms with Crippen molar-refractivity contribution in [3.05, 3.63) is 17.7 Å². The number of ether oxygens (including phenoxy) is 3. The number of fused-ring (bicyclic) bond motifs is 1. The van der Waals surface area contributed by atoms with Crippen LogP contribution in [-0.2, 0) is 0 Å². The minimum absolute atomic E-state index is 0.0402. The van der Waals surface area contributed by atoms with Crippen LogP contribution in [0.3, 0.4) is 0 Å². The first-order valence-corrected chi connectivity index (χ1v) is 5.85. The Morgan fingerprint density at radius 3 is 2.82 bits per heavy atom. The van der Waals surface area contributed by atoms with Crippen molar-refractivity contribution in [2.45, 2.75) is 19.3 Å². The van der Waals surface area contributed by atoms with Gasteiger partial charge in [0, 0.05) is 24.5 Å². The molecule has 4 heteroatoms. The quantitative estimate of drug-likeness (QED) is 0.874. The molecule has 1 aliphatic rings. The molecule has 0 radical (unpaired) electrons. The first-order chi connectivity index (χ1) is 8.27. The number of hydrogen-bond donors (Lipinski definition) is 1. The van der Waals surface area contributed by atoms with Gasteiger partial charge in [-0.1, -0.05) is 6.92 Å². The lowest BCUT2D eigenvalue weighted by atomic mass is 9.99. The molecule has 1 heterocycles. The van der Waals surface area contributed by atoms with Gasteiger partial charge in [0.2, 0.25) is 0 Å². The van der Waals surface area contributed by atoms with E-state index in [1.807, 2.05) is 19.1 Å². The second-order valence-electron chi connectivity index (χ2n) is 4.14. The summed E-state index contributed by atoms with van der Waals surface area (Å²) in [5, 5.41) is 9.33. The van der Waals surface area contributed by atoms with Gasteiger partial charge in [-0.05, 0) is 12.1 Å². The monoisotopic (exact) mass is 238 g/mol. The molecule has 0 aromatic heterocycles. The van der Waals surface area contributed by atoms with Crippen LogP contribution in [0.5, 0.6) is 17.2 Å². The maximum Gasteiger partial charge on any atom is 0.168 e. The van der Waals surface area contributed by atoms with Gasteiger partial charge < -0.3 is 19.3 Å². The van der Waals surface area contributed by atoms with Crippen molar-refractivity contribution < 1.29 is 19.3 Å². The Kier molecular flexibility index (Phi) is 3.74. The lowest BCUT2D eigenvalue weighted by Gasteiger charge is -2.19. The second kappa shape index (κ2) is 5.27. The lowest BCUT2D eigenvalue weighted by molar-refractivity contribution is 0.261. The summed E-state index contributed by atoms with van der Waals surface area (Å²) in [6.45, 7) is 3.28. The molecular formula is C13H18O4. The Balaban J connectivity index is 2.50. The van der Waals surface area contributed by atoms with E-state index >= 15 is 0 Å². The fourth-order valence-corrected chi connectivity index (χ4v) is 1.98. The molecule has 0 bridgehead atoms. The van der Waals surface area contributed by atoms with Gasteiger partial charge in [-0.3, -0.25) is 0 Å². The van der Waals surface area contributed by atoms with Crippen molar-refractivity contribution >= 4 is 0 Å². The first kappa shape index (κ1) is 12.0. The van der Waals surface area contributed by atoms with E-state index < -0.39 is 0 Å². The maximum atomic E-state index is 9.33. The average molecular weight is 238 g/mol. The Hall–Kier alpha value is -1.42. The second-order valence-corrected chi connectivity index (χ2v) is 4.14. The molecular weight excluding hydrogens is 220 g/mol. The largest absolute Gasteiger partial charge is 0.496 e. The number of aliphatic hydroxyl groups is 1. The van der Waals surface area contributed by atoms with Crippen molar-refractivity contribution in [2.24, 2.45) is 0 Å². The number of hydrogen-bond acceptors (Lipinski definition) is 4. The van der Waals surface area contributed by atoms with E-state index in [0.29, 0.717) is 19.0 Å². The van der Waals surface area contributed by atoms with Gasteiger partial charge in [-0.2, -0.15) is 0 Å². The van der Waals surface area contributed by atoms with Gasteiger partial charge in [0.1, 0.15) is 5.75 Å². The number of rotatable bonds is 3. The van der Waals surface area contributed by atoms with E-state index in [1.54, 1.807) is 7.11 Å². The van der Waals surface area contributed by atoms with Gasteiger partial charge in [-0.25, -0.2) is 0 Å². The molecule has 0 amide bonds. The highest BCUT2D eigenvalue weighted by Crippen LogP contribution is 2.42. The molecule has 0 spiro atoms. The fourth-order valence-electron chi connectivity index (χ4n) is 1.98. The van der Waals surface area contributed by atoms with Crippen LogP contribution >= 0.6 is 0 Å². The summed E-state index contributed by atoms with van der Waals surface area (Å²) in [5.74, 6) is 2.14. The van der Waals surface area contributed by atoms with Crippen molar-refractivity contribution in [3.8, 4) is 17.2 Å². The predicted octanol–water partition coefficient (Wildman–Crippen LogP) is 1.95. The predicted molar refractivity (Wildman–Crippen MR) is 64.1 cm³/mol. The van der Waals surface area contributed by atoms with Crippen molar-refractivity contribution in [2.75, 3.05) is 26.9 Å². The van der Waals surface area contributed by atoms with Crippen molar-refractivity contribution in [1.82, 2.24) is 0 Å². The number of methoxy groups -OCH3 is 1. The van der Waals surface area contributed by atoms with E-state index in [0.717, 1.165) is 23.5 Å². The Morgan fingerprint density at radius 2 is 2.12 bits per heavy atom. The Bertz CT molecular complexity index is 389. The summed E-state index contributed by atoms with van der Waals surface area (Å²) >= 11 is 0. The van der Waals surface area contributed by atoms with Crippen molar-refractivity contribution in [3.63, 3.8) is 0 Å². The smallest absolute Gasteiger partial charge is 0.168 e. The highest BCUT2D eigenvalue weighted by molar-refractivity contribution is 5.55. The van der Waals surface area contributed by atoms with Crippen LogP contribution in [0.4, 0.5) is 0 Å². The van der Waals surface area contributed by atoms with Crippen LogP contribution in [0.15, 0.2) is 12.1 Å².